The number of nitrogens with zero attached hydrogens (tertiary/aromatic N) is 3. The third-order valence-corrected chi connectivity index (χ3v) is 7.47. The number of hydrogen-bond acceptors (Lipinski definition) is 8. The van der Waals surface area contributed by atoms with Gasteiger partial charge in [-0.2, -0.15) is 10.0 Å². The van der Waals surface area contributed by atoms with Gasteiger partial charge in [0.1, 0.15) is 6.61 Å². The second-order valence-corrected chi connectivity index (χ2v) is 10.4. The lowest BCUT2D eigenvalue weighted by Gasteiger charge is -2.20. The zero-order valence-corrected chi connectivity index (χ0v) is 19.7. The Morgan fingerprint density at radius 3 is 2.64 bits per heavy atom. The number of rotatable bonds is 5. The van der Waals surface area contributed by atoms with Crippen molar-refractivity contribution >= 4 is 49.0 Å². The van der Waals surface area contributed by atoms with Crippen LogP contribution in [0.5, 0.6) is 11.5 Å². The van der Waals surface area contributed by atoms with E-state index >= 15 is 0 Å². The van der Waals surface area contributed by atoms with Crippen molar-refractivity contribution in [2.45, 2.75) is 13.5 Å². The third kappa shape index (κ3) is 4.69. The summed E-state index contributed by atoms with van der Waals surface area (Å²) in [6.45, 7) is 2.38. The predicted molar refractivity (Wildman–Crippen MR) is 128 cm³/mol. The Morgan fingerprint density at radius 2 is 1.94 bits per heavy atom. The summed E-state index contributed by atoms with van der Waals surface area (Å²) in [4.78, 5) is 16.4. The molecule has 0 unspecified atom stereocenters. The molecule has 0 fully saturated rings. The number of hydrazone groups is 1. The lowest BCUT2D eigenvalue weighted by molar-refractivity contribution is -0.114. The van der Waals surface area contributed by atoms with E-state index in [0.717, 1.165) is 34.2 Å². The highest BCUT2D eigenvalue weighted by atomic mass is 32.3. The van der Waals surface area contributed by atoms with Gasteiger partial charge in [-0.3, -0.25) is 10.2 Å². The average molecular weight is 485 g/mol. The molecule has 0 aliphatic carbocycles. The van der Waals surface area contributed by atoms with Crippen LogP contribution in [-0.4, -0.2) is 48.1 Å². The predicted octanol–water partition coefficient (Wildman–Crippen LogP) is 3.20. The number of hydrogen-bond donors (Lipinski definition) is 1. The number of nitrogens with one attached hydrogen (secondary N) is 1. The average Bonchev–Trinajstić information content (AvgIpc) is 3.21. The highest BCUT2D eigenvalue weighted by Crippen LogP contribution is 2.32. The summed E-state index contributed by atoms with van der Waals surface area (Å²) in [5.41, 5.74) is 2.74. The molecule has 2 aliphatic heterocycles. The molecule has 1 amide bonds. The number of sulfone groups is 1. The van der Waals surface area contributed by atoms with E-state index in [-0.39, 0.29) is 21.0 Å². The van der Waals surface area contributed by atoms with Gasteiger partial charge in [0.05, 0.1) is 12.7 Å². The quantitative estimate of drug-likeness (QED) is 0.647. The fourth-order valence-electron chi connectivity index (χ4n) is 3.11. The lowest BCUT2D eigenvalue weighted by atomic mass is 10.1. The molecule has 11 heteroatoms. The molecule has 2 aromatic rings. The molecule has 1 N–H and O–H groups in total. The minimum atomic E-state index is -3.59. The van der Waals surface area contributed by atoms with Crippen LogP contribution in [0.4, 0.5) is 0 Å². The first kappa shape index (κ1) is 22.7. The zero-order chi connectivity index (χ0) is 23.8. The zero-order valence-electron chi connectivity index (χ0n) is 18.0. The molecule has 0 saturated heterocycles. The maximum Gasteiger partial charge on any atom is 0.283 e. The van der Waals surface area contributed by atoms with E-state index < -0.39 is 15.7 Å². The van der Waals surface area contributed by atoms with Gasteiger partial charge < -0.3 is 9.47 Å². The molecular weight excluding hydrogens is 464 g/mol. The van der Waals surface area contributed by atoms with Crippen molar-refractivity contribution in [1.29, 1.82) is 5.41 Å². The van der Waals surface area contributed by atoms with E-state index in [1.165, 1.54) is 13.2 Å². The number of amidine groups is 2. The molecule has 0 atom stereocenters. The third-order valence-electron chi connectivity index (χ3n) is 4.90. The van der Waals surface area contributed by atoms with E-state index in [1.54, 1.807) is 18.2 Å². The standard InChI is InChI=1S/C22H20N4O5S2/c1-13-6-4-5-7-15(13)12-31-17-9-8-14(11-18(17)30-2)10-16-19(23)26-21(24-20(16)27)32-22(25-26)33(3,28)29/h4-11,23H,12H2,1-3H3/b16-10-,23-19?. The summed E-state index contributed by atoms with van der Waals surface area (Å²) < 4.78 is 34.7. The van der Waals surface area contributed by atoms with Crippen LogP contribution in [0.15, 0.2) is 58.1 Å². The molecule has 2 heterocycles. The van der Waals surface area contributed by atoms with Crippen LogP contribution in [0.2, 0.25) is 0 Å². The van der Waals surface area contributed by atoms with Gasteiger partial charge in [0.15, 0.2) is 17.3 Å². The van der Waals surface area contributed by atoms with Gasteiger partial charge in [-0.15, -0.1) is 5.10 Å². The Kier molecular flexibility index (Phi) is 6.09. The Hall–Kier alpha value is -3.44. The van der Waals surface area contributed by atoms with Crippen LogP contribution in [-0.2, 0) is 21.2 Å². The minimum Gasteiger partial charge on any atom is -0.493 e. The van der Waals surface area contributed by atoms with Crippen molar-refractivity contribution in [2.75, 3.05) is 13.4 Å². The lowest BCUT2D eigenvalue weighted by Crippen LogP contribution is -2.35. The Labute approximate surface area is 195 Å². The molecule has 2 aromatic carbocycles. The van der Waals surface area contributed by atoms with E-state index in [9.17, 15) is 13.2 Å². The van der Waals surface area contributed by atoms with Crippen LogP contribution in [0, 0.1) is 12.3 Å². The van der Waals surface area contributed by atoms with E-state index in [1.807, 2.05) is 31.2 Å². The Balaban J connectivity index is 1.59. The van der Waals surface area contributed by atoms with Gasteiger partial charge in [0.2, 0.25) is 19.4 Å². The minimum absolute atomic E-state index is 0.0199. The van der Waals surface area contributed by atoms with Gasteiger partial charge in [-0.05, 0) is 53.6 Å². The van der Waals surface area contributed by atoms with Gasteiger partial charge in [0.25, 0.3) is 5.91 Å². The molecule has 0 bridgehead atoms. The second-order valence-electron chi connectivity index (χ2n) is 7.28. The van der Waals surface area contributed by atoms with Crippen molar-refractivity contribution in [3.63, 3.8) is 0 Å². The number of benzene rings is 2. The van der Waals surface area contributed by atoms with Gasteiger partial charge in [-0.1, -0.05) is 30.3 Å². The molecule has 0 saturated carbocycles. The van der Waals surface area contributed by atoms with Gasteiger partial charge >= 0.3 is 0 Å². The summed E-state index contributed by atoms with van der Waals surface area (Å²) in [5.74, 6) is 0.0927. The highest BCUT2D eigenvalue weighted by Gasteiger charge is 2.38. The number of ether oxygens (including phenoxy) is 2. The maximum absolute atomic E-state index is 12.5. The van der Waals surface area contributed by atoms with E-state index in [4.69, 9.17) is 14.9 Å². The Morgan fingerprint density at radius 1 is 1.18 bits per heavy atom. The number of amides is 1. The number of carbonyl (C=O) groups is 1. The van der Waals surface area contributed by atoms with Crippen molar-refractivity contribution in [2.24, 2.45) is 10.1 Å². The summed E-state index contributed by atoms with van der Waals surface area (Å²) in [6, 6.07) is 13.1. The highest BCUT2D eigenvalue weighted by molar-refractivity contribution is 8.42. The summed E-state index contributed by atoms with van der Waals surface area (Å²) in [5, 5.41) is 13.4. The van der Waals surface area contributed by atoms with Crippen molar-refractivity contribution in [3.05, 3.63) is 64.7 Å². The molecule has 2 aliphatic rings. The smallest absolute Gasteiger partial charge is 0.283 e. The molecule has 0 aromatic heterocycles. The SMILES string of the molecule is COc1cc(/C=C2/C(=N)N3N=C(S(C)(=O)=O)SC3=NC2=O)ccc1OCc1ccccc1C. The van der Waals surface area contributed by atoms with Gasteiger partial charge in [-0.25, -0.2) is 8.42 Å². The number of aliphatic imine (C=N–C) groups is 1. The molecule has 0 radical (unpaired) electrons. The summed E-state index contributed by atoms with van der Waals surface area (Å²) in [7, 11) is -2.07. The normalized spacial score (nSPS) is 17.1. The van der Waals surface area contributed by atoms with Crippen LogP contribution in [0.25, 0.3) is 6.08 Å². The number of methoxy groups -OCH3 is 1. The number of aryl methyl sites for hydroxylation is 1. The maximum atomic E-state index is 12.5. The van der Waals surface area contributed by atoms with Crippen molar-refractivity contribution < 1.29 is 22.7 Å². The molecule has 4 rings (SSSR count). The second kappa shape index (κ2) is 8.83. The summed E-state index contributed by atoms with van der Waals surface area (Å²) >= 11 is 0.742. The monoisotopic (exact) mass is 484 g/mol. The Bertz CT molecular complexity index is 1360. The first-order valence-corrected chi connectivity index (χ1v) is 12.4. The van der Waals surface area contributed by atoms with Crippen molar-refractivity contribution in [3.8, 4) is 11.5 Å². The molecular formula is C22H20N4O5S2. The van der Waals surface area contributed by atoms with E-state index in [0.29, 0.717) is 23.7 Å². The first-order chi connectivity index (χ1) is 15.7. The molecule has 9 nitrogen and oxygen atoms in total. The van der Waals surface area contributed by atoms with Crippen LogP contribution < -0.4 is 9.47 Å². The number of thioether (sulfide) groups is 1. The molecule has 170 valence electrons. The fraction of sp³-hybridized carbons (Fsp3) is 0.182. The van der Waals surface area contributed by atoms with Crippen LogP contribution in [0.1, 0.15) is 16.7 Å². The molecule has 33 heavy (non-hydrogen) atoms. The topological polar surface area (TPSA) is 121 Å². The largest absolute Gasteiger partial charge is 0.493 e. The number of carbonyl (C=O) groups excluding carboxylic acids is 1. The van der Waals surface area contributed by atoms with Crippen LogP contribution >= 0.6 is 11.8 Å². The fourth-order valence-corrected chi connectivity index (χ4v) is 4.80. The number of fused-ring (bicyclic) bond motifs is 1. The molecule has 0 spiro atoms. The van der Waals surface area contributed by atoms with Crippen LogP contribution in [0.3, 0.4) is 0 Å². The summed E-state index contributed by atoms with van der Waals surface area (Å²) in [6.07, 6.45) is 2.49. The van der Waals surface area contributed by atoms with E-state index in [2.05, 4.69) is 10.1 Å². The first-order valence-electron chi connectivity index (χ1n) is 9.73. The van der Waals surface area contributed by atoms with Gasteiger partial charge in [0, 0.05) is 6.26 Å². The van der Waals surface area contributed by atoms with Crippen molar-refractivity contribution in [1.82, 2.24) is 5.01 Å².